The molecule has 108 valence electrons. The predicted octanol–water partition coefficient (Wildman–Crippen LogP) is 6.17. The highest BCUT2D eigenvalue weighted by molar-refractivity contribution is 5.73. The summed E-state index contributed by atoms with van der Waals surface area (Å²) in [4.78, 5) is 0. The normalized spacial score (nSPS) is 9.24. The minimum Gasteiger partial charge on any atom is -0.0985 e. The molecule has 0 N–H and O–H groups in total. The lowest BCUT2D eigenvalue weighted by molar-refractivity contribution is 1.13. The van der Waals surface area contributed by atoms with Crippen molar-refractivity contribution in [1.29, 1.82) is 0 Å². The lowest BCUT2D eigenvalue weighted by Crippen LogP contribution is -1.88. The summed E-state index contributed by atoms with van der Waals surface area (Å²) >= 11 is 0. The molecule has 0 fully saturated rings. The smallest absolute Gasteiger partial charge is 0.0158 e. The van der Waals surface area contributed by atoms with Crippen LogP contribution in [0.4, 0.5) is 0 Å². The molecule has 0 nitrogen and oxygen atoms in total. The van der Waals surface area contributed by atoms with Crippen LogP contribution in [-0.4, -0.2) is 0 Å². The van der Waals surface area contributed by atoms with Crippen molar-refractivity contribution in [2.75, 3.05) is 0 Å². The van der Waals surface area contributed by atoms with Gasteiger partial charge >= 0.3 is 0 Å². The minimum absolute atomic E-state index is 1.01. The molecule has 0 heterocycles. The fourth-order valence-electron chi connectivity index (χ4n) is 1.97. The average molecular weight is 276 g/mol. The summed E-state index contributed by atoms with van der Waals surface area (Å²) in [5.41, 5.74) is 5.90. The van der Waals surface area contributed by atoms with E-state index < -0.39 is 0 Å². The zero-order valence-electron chi connectivity index (χ0n) is 13.1. The molecule has 0 aliphatic rings. The zero-order chi connectivity index (χ0) is 15.7. The third-order valence-electron chi connectivity index (χ3n) is 3.26. The molecule has 0 saturated carbocycles. The van der Waals surface area contributed by atoms with E-state index in [1.165, 1.54) is 16.7 Å². The molecule has 0 bridgehead atoms. The van der Waals surface area contributed by atoms with Gasteiger partial charge in [0, 0.05) is 0 Å². The molecule has 0 unspecified atom stereocenters. The van der Waals surface area contributed by atoms with Crippen LogP contribution >= 0.6 is 0 Å². The van der Waals surface area contributed by atoms with Crippen molar-refractivity contribution in [3.8, 4) is 0 Å². The Morgan fingerprint density at radius 2 is 1.52 bits per heavy atom. The highest BCUT2D eigenvalue weighted by atomic mass is 14.0. The molecule has 0 aliphatic heterocycles. The van der Waals surface area contributed by atoms with Crippen molar-refractivity contribution in [3.63, 3.8) is 0 Å². The van der Waals surface area contributed by atoms with Crippen molar-refractivity contribution >= 4 is 11.1 Å². The maximum absolute atomic E-state index is 3.93. The monoisotopic (exact) mass is 276 g/mol. The van der Waals surface area contributed by atoms with Gasteiger partial charge in [-0.05, 0) is 35.6 Å². The number of hydrogen-bond donors (Lipinski definition) is 0. The van der Waals surface area contributed by atoms with E-state index in [0.717, 1.165) is 17.6 Å². The fraction of sp³-hybridized carbons (Fsp3) is 0.143. The molecule has 0 aromatic heterocycles. The van der Waals surface area contributed by atoms with Crippen molar-refractivity contribution in [2.24, 2.45) is 0 Å². The van der Waals surface area contributed by atoms with E-state index in [1.54, 1.807) is 6.08 Å². The summed E-state index contributed by atoms with van der Waals surface area (Å²) in [6.45, 7) is 15.6. The van der Waals surface area contributed by atoms with Crippen LogP contribution in [0.3, 0.4) is 0 Å². The molecule has 0 atom stereocenters. The predicted molar refractivity (Wildman–Crippen MR) is 96.2 cm³/mol. The Labute approximate surface area is 129 Å². The molecule has 0 heteroatoms. The highest BCUT2D eigenvalue weighted by Crippen LogP contribution is 2.18. The molecule has 0 amide bonds. The molecule has 2 aromatic rings. The molecule has 2 aromatic carbocycles. The van der Waals surface area contributed by atoms with E-state index in [9.17, 15) is 0 Å². The molecular formula is C21H24. The van der Waals surface area contributed by atoms with Crippen LogP contribution in [-0.2, 0) is 6.42 Å². The summed E-state index contributed by atoms with van der Waals surface area (Å²) in [5, 5.41) is 0. The topological polar surface area (TPSA) is 0 Å². The van der Waals surface area contributed by atoms with E-state index in [4.69, 9.17) is 0 Å². The SMILES string of the molecule is C=C(C)c1ccccc1.C=CC(=C)c1ccccc1CC. The van der Waals surface area contributed by atoms with E-state index in [1.807, 2.05) is 31.2 Å². The fourth-order valence-corrected chi connectivity index (χ4v) is 1.97. The van der Waals surface area contributed by atoms with Crippen LogP contribution < -0.4 is 0 Å². The summed E-state index contributed by atoms with van der Waals surface area (Å²) in [6.07, 6.45) is 2.84. The van der Waals surface area contributed by atoms with Gasteiger partial charge in [0.2, 0.25) is 0 Å². The second-order valence-electron chi connectivity index (χ2n) is 4.89. The Morgan fingerprint density at radius 1 is 0.952 bits per heavy atom. The van der Waals surface area contributed by atoms with Crippen molar-refractivity contribution in [2.45, 2.75) is 20.3 Å². The first-order valence-corrected chi connectivity index (χ1v) is 7.20. The summed E-state index contributed by atoms with van der Waals surface area (Å²) < 4.78 is 0. The molecular weight excluding hydrogens is 252 g/mol. The maximum atomic E-state index is 3.93. The Hall–Kier alpha value is -2.34. The van der Waals surface area contributed by atoms with Crippen molar-refractivity contribution in [1.82, 2.24) is 0 Å². The van der Waals surface area contributed by atoms with Crippen LogP contribution in [0, 0.1) is 0 Å². The lowest BCUT2D eigenvalue weighted by Gasteiger charge is -2.06. The second kappa shape index (κ2) is 8.76. The van der Waals surface area contributed by atoms with Gasteiger partial charge in [-0.2, -0.15) is 0 Å². The third kappa shape index (κ3) is 5.27. The van der Waals surface area contributed by atoms with Gasteiger partial charge in [-0.3, -0.25) is 0 Å². The van der Waals surface area contributed by atoms with Crippen LogP contribution in [0.15, 0.2) is 80.4 Å². The Bertz CT molecular complexity index is 603. The van der Waals surface area contributed by atoms with Gasteiger partial charge in [-0.15, -0.1) is 0 Å². The summed E-state index contributed by atoms with van der Waals surface area (Å²) in [6, 6.07) is 18.5. The number of benzene rings is 2. The number of hydrogen-bond acceptors (Lipinski definition) is 0. The van der Waals surface area contributed by atoms with Crippen LogP contribution in [0.2, 0.25) is 0 Å². The first-order valence-electron chi connectivity index (χ1n) is 7.20. The Morgan fingerprint density at radius 3 is 2.00 bits per heavy atom. The molecule has 21 heavy (non-hydrogen) atoms. The molecule has 0 aliphatic carbocycles. The number of allylic oxidation sites excluding steroid dienone is 3. The van der Waals surface area contributed by atoms with Crippen molar-refractivity contribution < 1.29 is 0 Å². The first kappa shape index (κ1) is 16.7. The summed E-state index contributed by atoms with van der Waals surface area (Å²) in [5.74, 6) is 0. The summed E-state index contributed by atoms with van der Waals surface area (Å²) in [7, 11) is 0. The van der Waals surface area contributed by atoms with Gasteiger partial charge in [0.1, 0.15) is 0 Å². The van der Waals surface area contributed by atoms with E-state index in [-0.39, 0.29) is 0 Å². The first-order chi connectivity index (χ1) is 10.1. The van der Waals surface area contributed by atoms with Crippen molar-refractivity contribution in [3.05, 3.63) is 97.1 Å². The minimum atomic E-state index is 1.01. The number of aryl methyl sites for hydroxylation is 1. The van der Waals surface area contributed by atoms with Gasteiger partial charge in [0.25, 0.3) is 0 Å². The van der Waals surface area contributed by atoms with E-state index >= 15 is 0 Å². The largest absolute Gasteiger partial charge is 0.0985 e. The maximum Gasteiger partial charge on any atom is -0.0158 e. The standard InChI is InChI=1S/C12H14.C9H10/c1-4-10(3)12-9-7-6-8-11(12)5-2;1-8(2)9-6-4-3-5-7-9/h4,6-9H,1,3,5H2,2H3;3-7H,1H2,2H3. The van der Waals surface area contributed by atoms with Gasteiger partial charge in [-0.1, -0.05) is 92.9 Å². The third-order valence-corrected chi connectivity index (χ3v) is 3.26. The Balaban J connectivity index is 0.000000219. The van der Waals surface area contributed by atoms with Gasteiger partial charge in [0.05, 0.1) is 0 Å². The Kier molecular flexibility index (Phi) is 6.97. The van der Waals surface area contributed by atoms with E-state index in [0.29, 0.717) is 0 Å². The van der Waals surface area contributed by atoms with Gasteiger partial charge in [-0.25, -0.2) is 0 Å². The van der Waals surface area contributed by atoms with Gasteiger partial charge in [0.15, 0.2) is 0 Å². The molecule has 2 rings (SSSR count). The van der Waals surface area contributed by atoms with Crippen LogP contribution in [0.5, 0.6) is 0 Å². The second-order valence-corrected chi connectivity index (χ2v) is 4.89. The molecule has 0 radical (unpaired) electrons. The van der Waals surface area contributed by atoms with Gasteiger partial charge < -0.3 is 0 Å². The van der Waals surface area contributed by atoms with Crippen LogP contribution in [0.1, 0.15) is 30.5 Å². The average Bonchev–Trinajstić information content (AvgIpc) is 2.55. The van der Waals surface area contributed by atoms with Crippen LogP contribution in [0.25, 0.3) is 11.1 Å². The number of rotatable bonds is 4. The molecule has 0 saturated heterocycles. The zero-order valence-corrected chi connectivity index (χ0v) is 13.1. The quantitative estimate of drug-likeness (QED) is 0.586. The van der Waals surface area contributed by atoms with E-state index in [2.05, 4.69) is 57.0 Å². The highest BCUT2D eigenvalue weighted by Gasteiger charge is 1.99. The lowest BCUT2D eigenvalue weighted by atomic mass is 9.99. The molecule has 0 spiro atoms.